The second-order valence-corrected chi connectivity index (χ2v) is 3.76. The van der Waals surface area contributed by atoms with Gasteiger partial charge in [-0.2, -0.15) is 0 Å². The third-order valence-electron chi connectivity index (χ3n) is 2.65. The summed E-state index contributed by atoms with van der Waals surface area (Å²) in [6.07, 6.45) is 3.94. The molecule has 1 fully saturated rings. The van der Waals surface area contributed by atoms with Crippen molar-refractivity contribution in [3.63, 3.8) is 0 Å². The van der Waals surface area contributed by atoms with Crippen LogP contribution in [0.25, 0.3) is 0 Å². The van der Waals surface area contributed by atoms with Gasteiger partial charge in [0.1, 0.15) is 5.76 Å². The molecule has 2 aliphatic heterocycles. The summed E-state index contributed by atoms with van der Waals surface area (Å²) in [6, 6.07) is 0.237. The van der Waals surface area contributed by atoms with Crippen molar-refractivity contribution in [3.8, 4) is 0 Å². The molecule has 86 valence electrons. The van der Waals surface area contributed by atoms with E-state index in [9.17, 15) is 0 Å². The van der Waals surface area contributed by atoms with Gasteiger partial charge in [-0.3, -0.25) is 0 Å². The molecule has 1 atom stereocenters. The van der Waals surface area contributed by atoms with Gasteiger partial charge in [0.25, 0.3) is 0 Å². The lowest BCUT2D eigenvalue weighted by molar-refractivity contribution is -0.0530. The quantitative estimate of drug-likeness (QED) is 0.740. The zero-order chi connectivity index (χ0) is 10.5. The molecule has 0 aromatic rings. The lowest BCUT2D eigenvalue weighted by Crippen LogP contribution is -2.34. The minimum Gasteiger partial charge on any atom is -0.496 e. The first kappa shape index (κ1) is 10.9. The summed E-state index contributed by atoms with van der Waals surface area (Å²) in [5.41, 5.74) is 0. The summed E-state index contributed by atoms with van der Waals surface area (Å²) in [7, 11) is 0. The fourth-order valence-electron chi connectivity index (χ4n) is 1.96. The van der Waals surface area contributed by atoms with Gasteiger partial charge in [-0.15, -0.1) is 0 Å². The van der Waals surface area contributed by atoms with Crippen molar-refractivity contribution in [2.24, 2.45) is 0 Å². The maximum absolute atomic E-state index is 5.57. The lowest BCUT2D eigenvalue weighted by atomic mass is 10.1. The highest BCUT2D eigenvalue weighted by atomic mass is 16.7. The predicted octanol–water partition coefficient (Wildman–Crippen LogP) is 1.03. The minimum atomic E-state index is -0.0702. The Morgan fingerprint density at radius 1 is 1.40 bits per heavy atom. The van der Waals surface area contributed by atoms with E-state index in [1.165, 1.54) is 0 Å². The molecule has 0 saturated carbocycles. The molecule has 2 heterocycles. The van der Waals surface area contributed by atoms with Crippen LogP contribution in [-0.2, 0) is 14.2 Å². The molecule has 0 radical (unpaired) electrons. The van der Waals surface area contributed by atoms with Gasteiger partial charge in [-0.25, -0.2) is 0 Å². The summed E-state index contributed by atoms with van der Waals surface area (Å²) >= 11 is 0. The average Bonchev–Trinajstić information content (AvgIpc) is 2.89. The van der Waals surface area contributed by atoms with E-state index in [4.69, 9.17) is 14.2 Å². The third-order valence-corrected chi connectivity index (χ3v) is 2.65. The number of rotatable bonds is 5. The van der Waals surface area contributed by atoms with Crippen molar-refractivity contribution in [3.05, 3.63) is 11.8 Å². The first-order valence-corrected chi connectivity index (χ1v) is 5.69. The molecule has 1 saturated heterocycles. The maximum Gasteiger partial charge on any atom is 0.159 e. The molecule has 4 heteroatoms. The Labute approximate surface area is 90.6 Å². The molecule has 1 unspecified atom stereocenters. The van der Waals surface area contributed by atoms with Crippen molar-refractivity contribution in [2.45, 2.75) is 32.1 Å². The van der Waals surface area contributed by atoms with Gasteiger partial charge in [0.2, 0.25) is 0 Å². The van der Waals surface area contributed by atoms with E-state index in [1.807, 2.05) is 0 Å². The normalized spacial score (nSPS) is 23.9. The summed E-state index contributed by atoms with van der Waals surface area (Å²) in [6.45, 7) is 5.26. The van der Waals surface area contributed by atoms with Gasteiger partial charge in [0, 0.05) is 12.8 Å². The van der Waals surface area contributed by atoms with E-state index in [-0.39, 0.29) is 12.3 Å². The monoisotopic (exact) mass is 213 g/mol. The van der Waals surface area contributed by atoms with Crippen molar-refractivity contribution < 1.29 is 14.2 Å². The molecular weight excluding hydrogens is 194 g/mol. The first-order chi connectivity index (χ1) is 7.40. The van der Waals surface area contributed by atoms with Crippen LogP contribution in [0, 0.1) is 0 Å². The molecule has 0 amide bonds. The van der Waals surface area contributed by atoms with Crippen LogP contribution in [-0.4, -0.2) is 38.7 Å². The summed E-state index contributed by atoms with van der Waals surface area (Å²) in [4.78, 5) is 0. The molecule has 4 nitrogen and oxygen atoms in total. The van der Waals surface area contributed by atoms with Gasteiger partial charge in [0.15, 0.2) is 6.29 Å². The molecule has 1 N–H and O–H groups in total. The SMILES string of the molecule is CCNC(CC1OCCO1)C1=CCCO1. The van der Waals surface area contributed by atoms with Crippen LogP contribution in [0.3, 0.4) is 0 Å². The molecule has 2 rings (SSSR count). The molecule has 0 aliphatic carbocycles. The molecule has 2 aliphatic rings. The molecule has 0 bridgehead atoms. The number of likely N-dealkylation sites (N-methyl/N-ethyl adjacent to an activating group) is 1. The molecule has 0 spiro atoms. The highest BCUT2D eigenvalue weighted by Crippen LogP contribution is 2.20. The van der Waals surface area contributed by atoms with E-state index in [2.05, 4.69) is 18.3 Å². The van der Waals surface area contributed by atoms with Crippen LogP contribution < -0.4 is 5.32 Å². The fraction of sp³-hybridized carbons (Fsp3) is 0.818. The summed E-state index contributed by atoms with van der Waals surface area (Å²) in [5.74, 6) is 1.05. The Morgan fingerprint density at radius 3 is 2.80 bits per heavy atom. The second kappa shape index (κ2) is 5.49. The van der Waals surface area contributed by atoms with E-state index in [1.54, 1.807) is 0 Å². The second-order valence-electron chi connectivity index (χ2n) is 3.76. The summed E-state index contributed by atoms with van der Waals surface area (Å²) in [5, 5.41) is 3.40. The maximum atomic E-state index is 5.57. The van der Waals surface area contributed by atoms with Crippen molar-refractivity contribution in [2.75, 3.05) is 26.4 Å². The smallest absolute Gasteiger partial charge is 0.159 e. The average molecular weight is 213 g/mol. The zero-order valence-electron chi connectivity index (χ0n) is 9.20. The molecule has 0 aromatic carbocycles. The van der Waals surface area contributed by atoms with E-state index < -0.39 is 0 Å². The largest absolute Gasteiger partial charge is 0.496 e. The van der Waals surface area contributed by atoms with E-state index >= 15 is 0 Å². The Morgan fingerprint density at radius 2 is 2.20 bits per heavy atom. The number of hydrogen-bond donors (Lipinski definition) is 1. The summed E-state index contributed by atoms with van der Waals surface area (Å²) < 4.78 is 16.5. The van der Waals surface area contributed by atoms with Crippen molar-refractivity contribution in [1.29, 1.82) is 0 Å². The van der Waals surface area contributed by atoms with Crippen molar-refractivity contribution in [1.82, 2.24) is 5.32 Å². The van der Waals surface area contributed by atoms with Gasteiger partial charge < -0.3 is 19.5 Å². The topological polar surface area (TPSA) is 39.7 Å². The molecular formula is C11H19NO3. The van der Waals surface area contributed by atoms with Crippen LogP contribution in [0.2, 0.25) is 0 Å². The van der Waals surface area contributed by atoms with Crippen molar-refractivity contribution >= 4 is 0 Å². The molecule has 0 aromatic heterocycles. The Balaban J connectivity index is 1.86. The number of hydrogen-bond acceptors (Lipinski definition) is 4. The Kier molecular flexibility index (Phi) is 4.00. The fourth-order valence-corrected chi connectivity index (χ4v) is 1.96. The number of nitrogens with one attached hydrogen (secondary N) is 1. The number of ether oxygens (including phenoxy) is 3. The standard InChI is InChI=1S/C11H19NO3/c1-2-12-9(10-4-3-5-13-10)8-11-14-6-7-15-11/h4,9,11-12H,2-3,5-8H2,1H3. The minimum absolute atomic E-state index is 0.0702. The Hall–Kier alpha value is -0.580. The van der Waals surface area contributed by atoms with E-state index in [0.717, 1.165) is 31.8 Å². The van der Waals surface area contributed by atoms with Gasteiger partial charge in [0.05, 0.1) is 25.9 Å². The van der Waals surface area contributed by atoms with Crippen LogP contribution in [0.5, 0.6) is 0 Å². The van der Waals surface area contributed by atoms with Gasteiger partial charge in [-0.05, 0) is 12.6 Å². The zero-order valence-corrected chi connectivity index (χ0v) is 9.20. The van der Waals surface area contributed by atoms with Crippen LogP contribution in [0.1, 0.15) is 19.8 Å². The lowest BCUT2D eigenvalue weighted by Gasteiger charge is -2.21. The van der Waals surface area contributed by atoms with E-state index in [0.29, 0.717) is 13.2 Å². The van der Waals surface area contributed by atoms with Crippen LogP contribution >= 0.6 is 0 Å². The van der Waals surface area contributed by atoms with Gasteiger partial charge in [-0.1, -0.05) is 6.92 Å². The third kappa shape index (κ3) is 2.93. The van der Waals surface area contributed by atoms with Crippen LogP contribution in [0.15, 0.2) is 11.8 Å². The van der Waals surface area contributed by atoms with Crippen LogP contribution in [0.4, 0.5) is 0 Å². The first-order valence-electron chi connectivity index (χ1n) is 5.69. The highest BCUT2D eigenvalue weighted by Gasteiger charge is 2.25. The van der Waals surface area contributed by atoms with Gasteiger partial charge >= 0.3 is 0 Å². The Bertz CT molecular complexity index is 224. The molecule has 15 heavy (non-hydrogen) atoms. The highest BCUT2D eigenvalue weighted by molar-refractivity contribution is 5.07. The predicted molar refractivity (Wildman–Crippen MR) is 56.4 cm³/mol.